The molecule has 0 atom stereocenters. The molecule has 0 amide bonds. The molecule has 0 saturated carbocycles. The zero-order chi connectivity index (χ0) is 13.0. The lowest BCUT2D eigenvalue weighted by Crippen LogP contribution is -2.03. The van der Waals surface area contributed by atoms with E-state index in [1.807, 2.05) is 13.0 Å². The van der Waals surface area contributed by atoms with Gasteiger partial charge < -0.3 is 0 Å². The van der Waals surface area contributed by atoms with Gasteiger partial charge in [-0.25, -0.2) is 4.39 Å². The summed E-state index contributed by atoms with van der Waals surface area (Å²) in [6.45, 7) is 1.89. The second-order valence-electron chi connectivity index (χ2n) is 3.92. The lowest BCUT2D eigenvalue weighted by molar-refractivity contribution is 0.102. The molecule has 1 aromatic carbocycles. The first-order valence-electron chi connectivity index (χ1n) is 5.48. The van der Waals surface area contributed by atoms with Gasteiger partial charge >= 0.3 is 0 Å². The van der Waals surface area contributed by atoms with Gasteiger partial charge in [0.2, 0.25) is 0 Å². The van der Waals surface area contributed by atoms with Crippen LogP contribution in [0.5, 0.6) is 0 Å². The number of rotatable bonds is 4. The van der Waals surface area contributed by atoms with Gasteiger partial charge in [0.15, 0.2) is 5.78 Å². The predicted octanol–water partition coefficient (Wildman–Crippen LogP) is 3.50. The summed E-state index contributed by atoms with van der Waals surface area (Å²) < 4.78 is 13.0. The normalized spacial score (nSPS) is 10.3. The molecule has 2 aromatic rings. The van der Waals surface area contributed by atoms with E-state index in [0.29, 0.717) is 5.56 Å². The van der Waals surface area contributed by atoms with Crippen LogP contribution in [0, 0.1) is 12.7 Å². The van der Waals surface area contributed by atoms with Crippen molar-refractivity contribution >= 4 is 17.5 Å². The second kappa shape index (κ2) is 5.78. The maximum Gasteiger partial charge on any atom is 0.174 e. The molecule has 4 heteroatoms. The minimum absolute atomic E-state index is 0.000427. The van der Waals surface area contributed by atoms with Crippen LogP contribution in [0.4, 0.5) is 4.39 Å². The Bertz CT molecular complexity index is 571. The first-order chi connectivity index (χ1) is 8.65. The number of halogens is 1. The molecule has 2 rings (SSSR count). The number of ketones is 1. The number of nitrogens with zero attached hydrogens (tertiary/aromatic N) is 1. The Morgan fingerprint density at radius 2 is 2.17 bits per heavy atom. The molecule has 0 unspecified atom stereocenters. The molecule has 0 aliphatic rings. The van der Waals surface area contributed by atoms with E-state index in [-0.39, 0.29) is 17.4 Å². The van der Waals surface area contributed by atoms with Crippen molar-refractivity contribution in [1.29, 1.82) is 0 Å². The fourth-order valence-electron chi connectivity index (χ4n) is 1.50. The summed E-state index contributed by atoms with van der Waals surface area (Å²) in [6, 6.07) is 8.04. The highest BCUT2D eigenvalue weighted by atomic mass is 32.2. The van der Waals surface area contributed by atoms with E-state index in [9.17, 15) is 9.18 Å². The van der Waals surface area contributed by atoms with Crippen molar-refractivity contribution < 1.29 is 9.18 Å². The van der Waals surface area contributed by atoms with Gasteiger partial charge in [-0.05, 0) is 36.8 Å². The van der Waals surface area contributed by atoms with Crippen molar-refractivity contribution in [2.75, 3.05) is 5.75 Å². The SMILES string of the molecule is Cc1cncc(C(=O)CSc2cccc(F)c2)c1. The highest BCUT2D eigenvalue weighted by molar-refractivity contribution is 8.00. The van der Waals surface area contributed by atoms with Crippen molar-refractivity contribution in [3.63, 3.8) is 0 Å². The largest absolute Gasteiger partial charge is 0.293 e. The molecule has 1 aromatic heterocycles. The van der Waals surface area contributed by atoms with Crippen LogP contribution in [0.3, 0.4) is 0 Å². The molecular weight excluding hydrogens is 249 g/mol. The van der Waals surface area contributed by atoms with Crippen molar-refractivity contribution in [2.45, 2.75) is 11.8 Å². The fourth-order valence-corrected chi connectivity index (χ4v) is 2.33. The molecule has 0 aliphatic heterocycles. The number of thioether (sulfide) groups is 1. The van der Waals surface area contributed by atoms with Crippen molar-refractivity contribution in [1.82, 2.24) is 4.98 Å². The lowest BCUT2D eigenvalue weighted by atomic mass is 10.2. The average Bonchev–Trinajstić information content (AvgIpc) is 2.36. The molecule has 0 N–H and O–H groups in total. The maximum absolute atomic E-state index is 13.0. The Morgan fingerprint density at radius 1 is 1.33 bits per heavy atom. The topological polar surface area (TPSA) is 30.0 Å². The smallest absolute Gasteiger partial charge is 0.174 e. The molecule has 92 valence electrons. The van der Waals surface area contributed by atoms with Gasteiger partial charge in [-0.3, -0.25) is 9.78 Å². The Balaban J connectivity index is 2.00. The zero-order valence-corrected chi connectivity index (χ0v) is 10.7. The van der Waals surface area contributed by atoms with E-state index in [1.54, 1.807) is 24.5 Å². The van der Waals surface area contributed by atoms with Gasteiger partial charge in [-0.1, -0.05) is 6.07 Å². The van der Waals surface area contributed by atoms with Gasteiger partial charge in [0.25, 0.3) is 0 Å². The summed E-state index contributed by atoms with van der Waals surface area (Å²) in [6.07, 6.45) is 3.26. The highest BCUT2D eigenvalue weighted by Crippen LogP contribution is 2.19. The minimum Gasteiger partial charge on any atom is -0.293 e. The van der Waals surface area contributed by atoms with E-state index < -0.39 is 0 Å². The van der Waals surface area contributed by atoms with Gasteiger partial charge in [0.05, 0.1) is 5.75 Å². The molecule has 0 spiro atoms. The number of carbonyl (C=O) groups is 1. The Kier molecular flexibility index (Phi) is 4.10. The van der Waals surface area contributed by atoms with Gasteiger partial charge in [-0.15, -0.1) is 11.8 Å². The standard InChI is InChI=1S/C14H12FNOS/c1-10-5-11(8-16-7-10)14(17)9-18-13-4-2-3-12(15)6-13/h2-8H,9H2,1H3. The molecule has 18 heavy (non-hydrogen) atoms. The number of aryl methyl sites for hydroxylation is 1. The highest BCUT2D eigenvalue weighted by Gasteiger charge is 2.07. The summed E-state index contributed by atoms with van der Waals surface area (Å²) in [4.78, 5) is 16.6. The van der Waals surface area contributed by atoms with Gasteiger partial charge in [0.1, 0.15) is 5.82 Å². The van der Waals surface area contributed by atoms with Gasteiger partial charge in [0, 0.05) is 22.9 Å². The molecular formula is C14H12FNOS. The van der Waals surface area contributed by atoms with Crippen molar-refractivity contribution in [3.05, 3.63) is 59.7 Å². The number of benzene rings is 1. The van der Waals surface area contributed by atoms with E-state index in [4.69, 9.17) is 0 Å². The third-order valence-electron chi connectivity index (χ3n) is 2.36. The third-order valence-corrected chi connectivity index (χ3v) is 3.36. The summed E-state index contributed by atoms with van der Waals surface area (Å²) in [5.74, 6) is -0.000618. The van der Waals surface area contributed by atoms with Crippen LogP contribution in [-0.4, -0.2) is 16.5 Å². The Labute approximate surface area is 109 Å². The van der Waals surface area contributed by atoms with E-state index in [0.717, 1.165) is 10.5 Å². The minimum atomic E-state index is -0.287. The molecule has 1 heterocycles. The molecule has 0 fully saturated rings. The monoisotopic (exact) mass is 261 g/mol. The fraction of sp³-hybridized carbons (Fsp3) is 0.143. The molecule has 0 aliphatic carbocycles. The maximum atomic E-state index is 13.0. The Morgan fingerprint density at radius 3 is 2.89 bits per heavy atom. The van der Waals surface area contributed by atoms with Crippen LogP contribution in [0.2, 0.25) is 0 Å². The molecule has 0 bridgehead atoms. The van der Waals surface area contributed by atoms with Crippen molar-refractivity contribution in [2.24, 2.45) is 0 Å². The van der Waals surface area contributed by atoms with Crippen LogP contribution >= 0.6 is 11.8 Å². The molecule has 2 nitrogen and oxygen atoms in total. The molecule has 0 radical (unpaired) electrons. The van der Waals surface area contributed by atoms with E-state index in [2.05, 4.69) is 4.98 Å². The summed E-state index contributed by atoms with van der Waals surface area (Å²) in [5.41, 5.74) is 1.55. The van der Waals surface area contributed by atoms with Crippen LogP contribution in [-0.2, 0) is 0 Å². The van der Waals surface area contributed by atoms with Crippen LogP contribution in [0.1, 0.15) is 15.9 Å². The number of aromatic nitrogens is 1. The number of carbonyl (C=O) groups excluding carboxylic acids is 1. The number of pyridine rings is 1. The zero-order valence-electron chi connectivity index (χ0n) is 9.89. The van der Waals surface area contributed by atoms with Crippen LogP contribution in [0.25, 0.3) is 0 Å². The molecule has 0 saturated heterocycles. The van der Waals surface area contributed by atoms with E-state index >= 15 is 0 Å². The Hall–Kier alpha value is -1.68. The first kappa shape index (κ1) is 12.8. The number of hydrogen-bond acceptors (Lipinski definition) is 3. The third kappa shape index (κ3) is 3.40. The number of Topliss-reactive ketones (excluding diaryl/α,β-unsaturated/α-hetero) is 1. The van der Waals surface area contributed by atoms with Gasteiger partial charge in [-0.2, -0.15) is 0 Å². The van der Waals surface area contributed by atoms with Crippen LogP contribution < -0.4 is 0 Å². The summed E-state index contributed by atoms with van der Waals surface area (Å²) >= 11 is 1.33. The van der Waals surface area contributed by atoms with E-state index in [1.165, 1.54) is 23.9 Å². The predicted molar refractivity (Wildman–Crippen MR) is 70.4 cm³/mol. The lowest BCUT2D eigenvalue weighted by Gasteiger charge is -2.02. The summed E-state index contributed by atoms with van der Waals surface area (Å²) in [5, 5.41) is 0. The van der Waals surface area contributed by atoms with Crippen molar-refractivity contribution in [3.8, 4) is 0 Å². The average molecular weight is 261 g/mol. The summed E-state index contributed by atoms with van der Waals surface area (Å²) in [7, 11) is 0. The quantitative estimate of drug-likeness (QED) is 0.623. The van der Waals surface area contributed by atoms with Crippen LogP contribution in [0.15, 0.2) is 47.6 Å². The number of hydrogen-bond donors (Lipinski definition) is 0. The second-order valence-corrected chi connectivity index (χ2v) is 4.97. The first-order valence-corrected chi connectivity index (χ1v) is 6.47.